The van der Waals surface area contributed by atoms with E-state index in [1.165, 1.54) is 66.4 Å². The number of fused-ring (bicyclic) bond motifs is 8. The van der Waals surface area contributed by atoms with Gasteiger partial charge in [0.05, 0.1) is 0 Å². The molecule has 57 heavy (non-hydrogen) atoms. The van der Waals surface area contributed by atoms with Crippen molar-refractivity contribution in [2.24, 2.45) is 0 Å². The second-order valence-corrected chi connectivity index (χ2v) is 15.7. The van der Waals surface area contributed by atoms with E-state index in [4.69, 9.17) is 4.42 Å². The Balaban J connectivity index is 1.07. The average Bonchev–Trinajstić information content (AvgIpc) is 3.75. The fraction of sp³-hybridized carbons (Fsp3) is 0.0545. The summed E-state index contributed by atoms with van der Waals surface area (Å²) in [6, 6.07) is 72.5. The first kappa shape index (κ1) is 33.2. The van der Waals surface area contributed by atoms with Crippen molar-refractivity contribution in [3.8, 4) is 44.5 Å². The molecule has 9 aromatic carbocycles. The second-order valence-electron chi connectivity index (χ2n) is 15.7. The molecule has 11 rings (SSSR count). The smallest absolute Gasteiger partial charge is 0.136 e. The van der Waals surface area contributed by atoms with Crippen LogP contribution in [0.5, 0.6) is 0 Å². The van der Waals surface area contributed by atoms with E-state index in [0.717, 1.165) is 39.0 Å². The summed E-state index contributed by atoms with van der Waals surface area (Å²) in [6.45, 7) is 4.70. The van der Waals surface area contributed by atoms with Gasteiger partial charge in [-0.2, -0.15) is 0 Å². The number of benzene rings is 9. The van der Waals surface area contributed by atoms with E-state index in [0.29, 0.717) is 0 Å². The van der Waals surface area contributed by atoms with E-state index in [-0.39, 0.29) is 5.41 Å². The number of furan rings is 1. The van der Waals surface area contributed by atoms with E-state index < -0.39 is 0 Å². The van der Waals surface area contributed by atoms with Crippen molar-refractivity contribution < 1.29 is 4.42 Å². The van der Waals surface area contributed by atoms with Gasteiger partial charge in [-0.1, -0.05) is 166 Å². The van der Waals surface area contributed by atoms with Crippen LogP contribution in [-0.2, 0) is 5.41 Å². The maximum atomic E-state index is 6.73. The van der Waals surface area contributed by atoms with Crippen LogP contribution in [0.15, 0.2) is 205 Å². The summed E-state index contributed by atoms with van der Waals surface area (Å²) in [5.41, 5.74) is 17.5. The summed E-state index contributed by atoms with van der Waals surface area (Å²) < 4.78 is 6.73. The molecule has 0 amide bonds. The van der Waals surface area contributed by atoms with Crippen LogP contribution >= 0.6 is 0 Å². The fourth-order valence-corrected chi connectivity index (χ4v) is 9.19. The number of hydrogen-bond donors (Lipinski definition) is 0. The Morgan fingerprint density at radius 1 is 0.351 bits per heavy atom. The topological polar surface area (TPSA) is 16.4 Å². The molecule has 0 atom stereocenters. The predicted octanol–water partition coefficient (Wildman–Crippen LogP) is 15.5. The lowest BCUT2D eigenvalue weighted by Crippen LogP contribution is -2.16. The van der Waals surface area contributed by atoms with E-state index in [1.54, 1.807) is 0 Å². The van der Waals surface area contributed by atoms with Crippen LogP contribution < -0.4 is 4.90 Å². The Morgan fingerprint density at radius 2 is 0.877 bits per heavy atom. The van der Waals surface area contributed by atoms with Crippen LogP contribution in [0.4, 0.5) is 17.1 Å². The van der Waals surface area contributed by atoms with Crippen LogP contribution in [0, 0.1) is 0 Å². The first-order valence-electron chi connectivity index (χ1n) is 19.8. The largest absolute Gasteiger partial charge is 0.456 e. The van der Waals surface area contributed by atoms with Crippen LogP contribution in [0.3, 0.4) is 0 Å². The third-order valence-electron chi connectivity index (χ3n) is 12.1. The van der Waals surface area contributed by atoms with Crippen molar-refractivity contribution in [3.05, 3.63) is 211 Å². The molecule has 10 aromatic rings. The zero-order valence-electron chi connectivity index (χ0n) is 31.9. The highest BCUT2D eigenvalue weighted by atomic mass is 16.3. The van der Waals surface area contributed by atoms with Crippen molar-refractivity contribution in [1.82, 2.24) is 0 Å². The maximum Gasteiger partial charge on any atom is 0.136 e. The van der Waals surface area contributed by atoms with Gasteiger partial charge in [-0.15, -0.1) is 0 Å². The van der Waals surface area contributed by atoms with Gasteiger partial charge in [0.15, 0.2) is 0 Å². The summed E-state index contributed by atoms with van der Waals surface area (Å²) in [7, 11) is 0. The number of hydrogen-bond acceptors (Lipinski definition) is 2. The lowest BCUT2D eigenvalue weighted by molar-refractivity contribution is 0.660. The Bertz CT molecular complexity index is 3120. The first-order valence-corrected chi connectivity index (χ1v) is 19.8. The average molecular weight is 730 g/mol. The minimum absolute atomic E-state index is 0.117. The quantitative estimate of drug-likeness (QED) is 0.169. The van der Waals surface area contributed by atoms with Gasteiger partial charge in [0, 0.05) is 33.2 Å². The standard InChI is InChI=1S/C55H39NO/c1-55(2)50-20-12-11-18-45(50)46-31-29-43(34-51(46)55)56(41-27-25-39(26-28-41)37-15-7-4-8-16-37)42-30-32-52-49(33-42)54-47-19-10-9-17-44(47)48(35-53(54)57-52)40-23-21-38(22-24-40)36-13-5-3-6-14-36/h3-35H,1-2H3. The molecule has 0 radical (unpaired) electrons. The SMILES string of the molecule is CC1(C)c2ccccc2-c2ccc(N(c3ccc(-c4ccccc4)cc3)c3ccc4oc5cc(-c6ccc(-c7ccccc7)cc6)c6ccccc6c5c4c3)cc21. The van der Waals surface area contributed by atoms with Gasteiger partial charge < -0.3 is 9.32 Å². The van der Waals surface area contributed by atoms with Crippen LogP contribution in [0.2, 0.25) is 0 Å². The molecule has 0 spiro atoms. The van der Waals surface area contributed by atoms with Crippen molar-refractivity contribution in [1.29, 1.82) is 0 Å². The normalized spacial score (nSPS) is 12.9. The summed E-state index contributed by atoms with van der Waals surface area (Å²) in [4.78, 5) is 2.40. The van der Waals surface area contributed by atoms with Crippen LogP contribution in [0.1, 0.15) is 25.0 Å². The van der Waals surface area contributed by atoms with Gasteiger partial charge in [-0.05, 0) is 115 Å². The molecule has 1 aliphatic carbocycles. The lowest BCUT2D eigenvalue weighted by Gasteiger charge is -2.28. The predicted molar refractivity (Wildman–Crippen MR) is 240 cm³/mol. The highest BCUT2D eigenvalue weighted by Gasteiger charge is 2.35. The molecule has 0 saturated heterocycles. The molecule has 0 saturated carbocycles. The molecule has 270 valence electrons. The number of anilines is 3. The minimum Gasteiger partial charge on any atom is -0.456 e. The Labute approximate surface area is 332 Å². The van der Waals surface area contributed by atoms with Crippen LogP contribution in [0.25, 0.3) is 77.2 Å². The molecule has 0 aliphatic heterocycles. The second kappa shape index (κ2) is 13.0. The summed E-state index contributed by atoms with van der Waals surface area (Å²) in [5, 5.41) is 4.63. The van der Waals surface area contributed by atoms with Gasteiger partial charge in [0.25, 0.3) is 0 Å². The molecule has 0 unspecified atom stereocenters. The Morgan fingerprint density at radius 3 is 1.60 bits per heavy atom. The van der Waals surface area contributed by atoms with Crippen LogP contribution in [-0.4, -0.2) is 0 Å². The zero-order chi connectivity index (χ0) is 38.1. The van der Waals surface area contributed by atoms with Crippen molar-refractivity contribution >= 4 is 49.8 Å². The van der Waals surface area contributed by atoms with E-state index in [2.05, 4.69) is 219 Å². The third kappa shape index (κ3) is 5.40. The Hall–Kier alpha value is -7.16. The molecule has 0 fully saturated rings. The zero-order valence-corrected chi connectivity index (χ0v) is 31.9. The summed E-state index contributed by atoms with van der Waals surface area (Å²) in [6.07, 6.45) is 0. The van der Waals surface area contributed by atoms with Crippen molar-refractivity contribution in [2.45, 2.75) is 19.3 Å². The highest BCUT2D eigenvalue weighted by molar-refractivity contribution is 6.22. The lowest BCUT2D eigenvalue weighted by atomic mass is 9.82. The minimum atomic E-state index is -0.117. The molecule has 1 aromatic heterocycles. The van der Waals surface area contributed by atoms with Crippen molar-refractivity contribution in [3.63, 3.8) is 0 Å². The van der Waals surface area contributed by atoms with Gasteiger partial charge in [0.2, 0.25) is 0 Å². The van der Waals surface area contributed by atoms with Gasteiger partial charge in [-0.3, -0.25) is 0 Å². The molecule has 2 nitrogen and oxygen atoms in total. The van der Waals surface area contributed by atoms with Gasteiger partial charge in [-0.25, -0.2) is 0 Å². The molecule has 0 N–H and O–H groups in total. The maximum absolute atomic E-state index is 6.73. The molecular weight excluding hydrogens is 691 g/mol. The third-order valence-corrected chi connectivity index (χ3v) is 12.1. The number of rotatable bonds is 6. The summed E-state index contributed by atoms with van der Waals surface area (Å²) in [5.74, 6) is 0. The molecule has 1 heterocycles. The van der Waals surface area contributed by atoms with Gasteiger partial charge in [0.1, 0.15) is 11.2 Å². The highest BCUT2D eigenvalue weighted by Crippen LogP contribution is 2.51. The fourth-order valence-electron chi connectivity index (χ4n) is 9.19. The molecule has 1 aliphatic rings. The van der Waals surface area contributed by atoms with E-state index in [9.17, 15) is 0 Å². The number of nitrogens with zero attached hydrogens (tertiary/aromatic N) is 1. The van der Waals surface area contributed by atoms with E-state index in [1.807, 2.05) is 0 Å². The van der Waals surface area contributed by atoms with E-state index >= 15 is 0 Å². The molecule has 2 heteroatoms. The Kier molecular flexibility index (Phi) is 7.55. The van der Waals surface area contributed by atoms with Crippen molar-refractivity contribution in [2.75, 3.05) is 4.90 Å². The monoisotopic (exact) mass is 729 g/mol. The van der Waals surface area contributed by atoms with Gasteiger partial charge >= 0.3 is 0 Å². The summed E-state index contributed by atoms with van der Waals surface area (Å²) >= 11 is 0. The molecular formula is C55H39NO. The first-order chi connectivity index (χ1) is 28.0. The molecule has 0 bridgehead atoms.